The molecule has 0 unspecified atom stereocenters. The lowest BCUT2D eigenvalue weighted by atomic mass is 10.1. The van der Waals surface area contributed by atoms with Crippen molar-refractivity contribution in [3.8, 4) is 0 Å². The summed E-state index contributed by atoms with van der Waals surface area (Å²) < 4.78 is 16.9. The molecule has 2 saturated heterocycles. The summed E-state index contributed by atoms with van der Waals surface area (Å²) in [6.45, 7) is 4.12. The predicted octanol–water partition coefficient (Wildman–Crippen LogP) is 1.06. The molecule has 2 fully saturated rings. The van der Waals surface area contributed by atoms with Gasteiger partial charge in [0.1, 0.15) is 12.2 Å². The fourth-order valence-corrected chi connectivity index (χ4v) is 2.91. The lowest BCUT2D eigenvalue weighted by molar-refractivity contribution is 0.00400. The number of benzene rings is 1. The molecule has 6 heteroatoms. The second kappa shape index (κ2) is 7.09. The molecule has 0 saturated carbocycles. The Morgan fingerprint density at radius 1 is 1.23 bits per heavy atom. The number of rotatable bonds is 5. The van der Waals surface area contributed by atoms with E-state index in [0.29, 0.717) is 19.8 Å². The summed E-state index contributed by atoms with van der Waals surface area (Å²) in [7, 11) is 0. The molecule has 1 aromatic carbocycles. The SMILES string of the molecule is CCNC(=O)O[C@@H]1CO[C@H]2[C@@H]1OC[C@@H]2NCc1ccccc1. The van der Waals surface area contributed by atoms with E-state index in [0.717, 1.165) is 6.54 Å². The Morgan fingerprint density at radius 3 is 2.77 bits per heavy atom. The molecule has 0 bridgehead atoms. The van der Waals surface area contributed by atoms with Crippen LogP contribution in [0.4, 0.5) is 4.79 Å². The molecule has 2 aliphatic rings. The number of hydrogen-bond acceptors (Lipinski definition) is 5. The second-order valence-electron chi connectivity index (χ2n) is 5.54. The Morgan fingerprint density at radius 2 is 2.00 bits per heavy atom. The Kier molecular flexibility index (Phi) is 4.92. The molecular formula is C16H22N2O4. The summed E-state index contributed by atoms with van der Waals surface area (Å²) >= 11 is 0. The van der Waals surface area contributed by atoms with E-state index in [4.69, 9.17) is 14.2 Å². The molecule has 2 aliphatic heterocycles. The van der Waals surface area contributed by atoms with Crippen LogP contribution in [0.2, 0.25) is 0 Å². The van der Waals surface area contributed by atoms with Crippen molar-refractivity contribution < 1.29 is 19.0 Å². The molecule has 2 heterocycles. The maximum Gasteiger partial charge on any atom is 0.407 e. The van der Waals surface area contributed by atoms with Gasteiger partial charge in [-0.05, 0) is 12.5 Å². The summed E-state index contributed by atoms with van der Waals surface area (Å²) in [5.41, 5.74) is 1.22. The van der Waals surface area contributed by atoms with Gasteiger partial charge < -0.3 is 24.8 Å². The van der Waals surface area contributed by atoms with Crippen LogP contribution in [0, 0.1) is 0 Å². The predicted molar refractivity (Wildman–Crippen MR) is 80.5 cm³/mol. The average Bonchev–Trinajstić information content (AvgIpc) is 3.10. The third-order valence-corrected chi connectivity index (χ3v) is 4.00. The van der Waals surface area contributed by atoms with Gasteiger partial charge in [-0.25, -0.2) is 4.79 Å². The second-order valence-corrected chi connectivity index (χ2v) is 5.54. The molecule has 2 N–H and O–H groups in total. The molecule has 0 aromatic heterocycles. The highest BCUT2D eigenvalue weighted by atomic mass is 16.6. The number of carbonyl (C=O) groups excluding carboxylic acids is 1. The Labute approximate surface area is 130 Å². The fraction of sp³-hybridized carbons (Fsp3) is 0.562. The Bertz CT molecular complexity index is 496. The van der Waals surface area contributed by atoms with Crippen LogP contribution in [-0.2, 0) is 20.8 Å². The zero-order valence-corrected chi connectivity index (χ0v) is 12.7. The van der Waals surface area contributed by atoms with Crippen LogP contribution >= 0.6 is 0 Å². The summed E-state index contributed by atoms with van der Waals surface area (Å²) in [4.78, 5) is 11.5. The highest BCUT2D eigenvalue weighted by molar-refractivity contribution is 5.67. The molecular weight excluding hydrogens is 284 g/mol. The normalized spacial score (nSPS) is 30.0. The molecule has 6 nitrogen and oxygen atoms in total. The quantitative estimate of drug-likeness (QED) is 0.851. The van der Waals surface area contributed by atoms with Gasteiger partial charge in [0, 0.05) is 13.1 Å². The minimum Gasteiger partial charge on any atom is -0.441 e. The zero-order valence-electron chi connectivity index (χ0n) is 12.7. The Balaban J connectivity index is 1.50. The van der Waals surface area contributed by atoms with Gasteiger partial charge in [-0.2, -0.15) is 0 Å². The standard InChI is InChI=1S/C16H22N2O4/c1-2-17-16(19)22-13-10-21-14-12(9-20-15(13)14)18-8-11-6-4-3-5-7-11/h3-7,12-15,18H,2,8-10H2,1H3,(H,17,19)/t12-,13+,14+,15+/m0/s1. The summed E-state index contributed by atoms with van der Waals surface area (Å²) in [6.07, 6.45) is -1.000. The van der Waals surface area contributed by atoms with Gasteiger partial charge in [-0.1, -0.05) is 30.3 Å². The van der Waals surface area contributed by atoms with Crippen LogP contribution in [0.3, 0.4) is 0 Å². The summed E-state index contributed by atoms with van der Waals surface area (Å²) in [5.74, 6) is 0. The molecule has 3 rings (SSSR count). The molecule has 1 amide bonds. The van der Waals surface area contributed by atoms with Crippen LogP contribution in [0.5, 0.6) is 0 Å². The van der Waals surface area contributed by atoms with Crippen molar-refractivity contribution in [3.63, 3.8) is 0 Å². The van der Waals surface area contributed by atoms with Crippen molar-refractivity contribution in [2.75, 3.05) is 19.8 Å². The van der Waals surface area contributed by atoms with Gasteiger partial charge in [-0.15, -0.1) is 0 Å². The van der Waals surface area contributed by atoms with E-state index in [1.807, 2.05) is 25.1 Å². The number of nitrogens with one attached hydrogen (secondary N) is 2. The minimum absolute atomic E-state index is 0.0665. The van der Waals surface area contributed by atoms with E-state index < -0.39 is 6.09 Å². The third kappa shape index (κ3) is 3.40. The van der Waals surface area contributed by atoms with Crippen LogP contribution in [0.1, 0.15) is 12.5 Å². The maximum atomic E-state index is 11.5. The fourth-order valence-electron chi connectivity index (χ4n) is 2.91. The number of carbonyl (C=O) groups is 1. The first-order valence-corrected chi connectivity index (χ1v) is 7.73. The van der Waals surface area contributed by atoms with E-state index in [2.05, 4.69) is 22.8 Å². The molecule has 120 valence electrons. The summed E-state index contributed by atoms with van der Waals surface area (Å²) in [5, 5.41) is 6.08. The highest BCUT2D eigenvalue weighted by Crippen LogP contribution is 2.29. The maximum absolute atomic E-state index is 11.5. The van der Waals surface area contributed by atoms with Gasteiger partial charge in [0.25, 0.3) is 0 Å². The first kappa shape index (κ1) is 15.3. The lowest BCUT2D eigenvalue weighted by Gasteiger charge is -2.18. The number of fused-ring (bicyclic) bond motifs is 1. The topological polar surface area (TPSA) is 68.8 Å². The molecule has 0 radical (unpaired) electrons. The lowest BCUT2D eigenvalue weighted by Crippen LogP contribution is -2.41. The van der Waals surface area contributed by atoms with Gasteiger partial charge >= 0.3 is 6.09 Å². The number of amides is 1. The van der Waals surface area contributed by atoms with Crippen LogP contribution < -0.4 is 10.6 Å². The average molecular weight is 306 g/mol. The van der Waals surface area contributed by atoms with Crippen LogP contribution in [0.15, 0.2) is 30.3 Å². The van der Waals surface area contributed by atoms with Crippen molar-refractivity contribution in [2.24, 2.45) is 0 Å². The molecule has 22 heavy (non-hydrogen) atoms. The van der Waals surface area contributed by atoms with E-state index in [9.17, 15) is 4.79 Å². The van der Waals surface area contributed by atoms with Crippen molar-refractivity contribution >= 4 is 6.09 Å². The van der Waals surface area contributed by atoms with Crippen LogP contribution in [-0.4, -0.2) is 50.2 Å². The molecule has 1 aromatic rings. The number of hydrogen-bond donors (Lipinski definition) is 2. The van der Waals surface area contributed by atoms with Gasteiger partial charge in [0.15, 0.2) is 6.10 Å². The summed E-state index contributed by atoms with van der Waals surface area (Å²) in [6, 6.07) is 10.3. The monoisotopic (exact) mass is 306 g/mol. The minimum atomic E-state index is -0.416. The molecule has 0 aliphatic carbocycles. The van der Waals surface area contributed by atoms with Crippen molar-refractivity contribution in [1.82, 2.24) is 10.6 Å². The van der Waals surface area contributed by atoms with Gasteiger partial charge in [0.05, 0.1) is 19.3 Å². The third-order valence-electron chi connectivity index (χ3n) is 4.00. The van der Waals surface area contributed by atoms with E-state index >= 15 is 0 Å². The van der Waals surface area contributed by atoms with Gasteiger partial charge in [0.2, 0.25) is 0 Å². The number of ether oxygens (including phenoxy) is 3. The van der Waals surface area contributed by atoms with Crippen molar-refractivity contribution in [1.29, 1.82) is 0 Å². The van der Waals surface area contributed by atoms with Crippen molar-refractivity contribution in [2.45, 2.75) is 37.8 Å². The first-order chi connectivity index (χ1) is 10.8. The Hall–Kier alpha value is -1.63. The van der Waals surface area contributed by atoms with E-state index in [1.165, 1.54) is 5.56 Å². The first-order valence-electron chi connectivity index (χ1n) is 7.73. The number of alkyl carbamates (subject to hydrolysis) is 1. The molecule has 0 spiro atoms. The smallest absolute Gasteiger partial charge is 0.407 e. The van der Waals surface area contributed by atoms with Crippen LogP contribution in [0.25, 0.3) is 0 Å². The molecule has 4 atom stereocenters. The van der Waals surface area contributed by atoms with E-state index in [1.54, 1.807) is 0 Å². The highest BCUT2D eigenvalue weighted by Gasteiger charge is 2.49. The van der Waals surface area contributed by atoms with Gasteiger partial charge in [-0.3, -0.25) is 0 Å². The van der Waals surface area contributed by atoms with Crippen molar-refractivity contribution in [3.05, 3.63) is 35.9 Å². The zero-order chi connectivity index (χ0) is 15.4. The largest absolute Gasteiger partial charge is 0.441 e. The van der Waals surface area contributed by atoms with E-state index in [-0.39, 0.29) is 24.4 Å².